The van der Waals surface area contributed by atoms with Crippen molar-refractivity contribution in [2.45, 2.75) is 31.0 Å². The van der Waals surface area contributed by atoms with Crippen molar-refractivity contribution in [3.05, 3.63) is 68.7 Å². The average Bonchev–Trinajstić information content (AvgIpc) is 2.48. The highest BCUT2D eigenvalue weighted by Crippen LogP contribution is 2.34. The van der Waals surface area contributed by atoms with Crippen LogP contribution in [0.25, 0.3) is 0 Å². The average molecular weight is 417 g/mol. The Morgan fingerprint density at radius 3 is 2.30 bits per heavy atom. The summed E-state index contributed by atoms with van der Waals surface area (Å²) in [5.41, 5.74) is 3.87. The van der Waals surface area contributed by atoms with Gasteiger partial charge in [0.15, 0.2) is 0 Å². The molecule has 0 fully saturated rings. The first kappa shape index (κ1) is 16.1. The molecule has 0 amide bonds. The van der Waals surface area contributed by atoms with Crippen LogP contribution in [0.5, 0.6) is 0 Å². The Balaban J connectivity index is 2.15. The van der Waals surface area contributed by atoms with Crippen LogP contribution < -0.4 is 0 Å². The van der Waals surface area contributed by atoms with Gasteiger partial charge in [-0.05, 0) is 57.6 Å². The maximum Gasteiger partial charge on any atom is 0.0645 e. The van der Waals surface area contributed by atoms with Crippen molar-refractivity contribution in [3.63, 3.8) is 0 Å². The lowest BCUT2D eigenvalue weighted by molar-refractivity contribution is 0.795. The summed E-state index contributed by atoms with van der Waals surface area (Å²) in [7, 11) is 0. The highest BCUT2D eigenvalue weighted by atomic mass is 79.9. The smallest absolute Gasteiger partial charge is 0.0645 e. The van der Waals surface area contributed by atoms with E-state index in [0.29, 0.717) is 0 Å². The fourth-order valence-corrected chi connectivity index (χ4v) is 3.20. The van der Waals surface area contributed by atoms with E-state index < -0.39 is 0 Å². The molecule has 3 heteroatoms. The van der Waals surface area contributed by atoms with Gasteiger partial charge in [-0.3, -0.25) is 0 Å². The zero-order chi connectivity index (χ0) is 14.5. The molecule has 1 unspecified atom stereocenters. The molecule has 0 heterocycles. The molecule has 0 saturated heterocycles. The van der Waals surface area contributed by atoms with E-state index in [1.807, 2.05) is 6.07 Å². The monoisotopic (exact) mass is 414 g/mol. The van der Waals surface area contributed by atoms with Gasteiger partial charge in [0.25, 0.3) is 0 Å². The Hall–Kier alpha value is -0.310. The van der Waals surface area contributed by atoms with Gasteiger partial charge >= 0.3 is 0 Å². The number of unbranched alkanes of at least 4 members (excludes halogenated alkanes) is 1. The van der Waals surface area contributed by atoms with Crippen molar-refractivity contribution in [2.24, 2.45) is 0 Å². The van der Waals surface area contributed by atoms with Crippen molar-refractivity contribution in [3.8, 4) is 0 Å². The second kappa shape index (κ2) is 7.63. The molecule has 0 saturated carbocycles. The van der Waals surface area contributed by atoms with E-state index in [-0.39, 0.29) is 4.83 Å². The molecule has 0 aromatic heterocycles. The molecule has 2 aromatic rings. The summed E-state index contributed by atoms with van der Waals surface area (Å²) in [5, 5.41) is 0.739. The van der Waals surface area contributed by atoms with E-state index in [2.05, 4.69) is 75.2 Å². The van der Waals surface area contributed by atoms with E-state index in [4.69, 9.17) is 11.6 Å². The number of halogens is 3. The second-order valence-electron chi connectivity index (χ2n) is 4.88. The molecule has 0 spiro atoms. The molecule has 0 bridgehead atoms. The Morgan fingerprint density at radius 2 is 1.70 bits per heavy atom. The summed E-state index contributed by atoms with van der Waals surface area (Å²) >= 11 is 13.3. The van der Waals surface area contributed by atoms with Gasteiger partial charge in [0.2, 0.25) is 0 Å². The lowest BCUT2D eigenvalue weighted by atomic mass is 10.0. The highest BCUT2D eigenvalue weighted by Gasteiger charge is 2.11. The highest BCUT2D eigenvalue weighted by molar-refractivity contribution is 9.10. The third kappa shape index (κ3) is 4.09. The van der Waals surface area contributed by atoms with Gasteiger partial charge in [0.05, 0.1) is 9.85 Å². The molecule has 0 N–H and O–H groups in total. The van der Waals surface area contributed by atoms with Gasteiger partial charge in [-0.2, -0.15) is 0 Å². The maximum atomic E-state index is 6.04. The van der Waals surface area contributed by atoms with Crippen LogP contribution in [0.3, 0.4) is 0 Å². The van der Waals surface area contributed by atoms with Gasteiger partial charge < -0.3 is 0 Å². The van der Waals surface area contributed by atoms with Gasteiger partial charge in [-0.15, -0.1) is 0 Å². The van der Waals surface area contributed by atoms with E-state index in [1.165, 1.54) is 29.5 Å². The summed E-state index contributed by atoms with van der Waals surface area (Å²) < 4.78 is 0.931. The molecular weight excluding hydrogens is 399 g/mol. The number of aryl methyl sites for hydroxylation is 1. The largest absolute Gasteiger partial charge is 0.0831 e. The predicted molar refractivity (Wildman–Crippen MR) is 95.0 cm³/mol. The topological polar surface area (TPSA) is 0 Å². The molecule has 2 aromatic carbocycles. The Morgan fingerprint density at radius 1 is 1.05 bits per heavy atom. The van der Waals surface area contributed by atoms with Crippen LogP contribution in [0.4, 0.5) is 0 Å². The van der Waals surface area contributed by atoms with E-state index >= 15 is 0 Å². The molecule has 0 aliphatic carbocycles. The van der Waals surface area contributed by atoms with Crippen LogP contribution in [-0.4, -0.2) is 0 Å². The van der Waals surface area contributed by atoms with E-state index in [1.54, 1.807) is 0 Å². The molecule has 20 heavy (non-hydrogen) atoms. The van der Waals surface area contributed by atoms with Crippen molar-refractivity contribution in [1.29, 1.82) is 0 Å². The Labute approximate surface area is 142 Å². The summed E-state index contributed by atoms with van der Waals surface area (Å²) in [6, 6.07) is 14.9. The summed E-state index contributed by atoms with van der Waals surface area (Å²) in [4.78, 5) is 0.191. The molecule has 1 atom stereocenters. The van der Waals surface area contributed by atoms with E-state index in [0.717, 1.165) is 15.9 Å². The SMILES string of the molecule is CCCCc1ccc(C(Br)c2ccc(Cl)c(Br)c2)cc1. The first-order chi connectivity index (χ1) is 9.61. The molecule has 0 radical (unpaired) electrons. The third-order valence-corrected chi connectivity index (χ3v) is 5.60. The van der Waals surface area contributed by atoms with Crippen molar-refractivity contribution >= 4 is 43.5 Å². The third-order valence-electron chi connectivity index (χ3n) is 3.33. The molecule has 0 aliphatic rings. The predicted octanol–water partition coefficient (Wildman–Crippen LogP) is 6.93. The summed E-state index contributed by atoms with van der Waals surface area (Å²) in [6.07, 6.45) is 3.65. The lowest BCUT2D eigenvalue weighted by Crippen LogP contribution is -1.94. The van der Waals surface area contributed by atoms with E-state index in [9.17, 15) is 0 Å². The normalized spacial score (nSPS) is 12.4. The van der Waals surface area contributed by atoms with Gasteiger partial charge in [-0.1, -0.05) is 71.2 Å². The second-order valence-corrected chi connectivity index (χ2v) is 7.06. The van der Waals surface area contributed by atoms with Crippen LogP contribution in [0.2, 0.25) is 5.02 Å². The zero-order valence-electron chi connectivity index (χ0n) is 11.4. The molecule has 0 nitrogen and oxygen atoms in total. The standard InChI is InChI=1S/C17H17Br2Cl/c1-2-3-4-12-5-7-13(8-6-12)17(19)14-9-10-16(20)15(18)11-14/h5-11,17H,2-4H2,1H3. The summed E-state index contributed by atoms with van der Waals surface area (Å²) in [6.45, 7) is 2.22. The lowest BCUT2D eigenvalue weighted by Gasteiger charge is -2.12. The van der Waals surface area contributed by atoms with Crippen molar-refractivity contribution in [1.82, 2.24) is 0 Å². The van der Waals surface area contributed by atoms with Gasteiger partial charge in [0, 0.05) is 4.47 Å². The Kier molecular flexibility index (Phi) is 6.13. The Bertz CT molecular complexity index is 564. The first-order valence-electron chi connectivity index (χ1n) is 6.79. The fourth-order valence-electron chi connectivity index (χ4n) is 2.10. The number of hydrogen-bond donors (Lipinski definition) is 0. The minimum Gasteiger partial charge on any atom is -0.0831 e. The minimum atomic E-state index is 0.191. The van der Waals surface area contributed by atoms with Crippen LogP contribution in [0, 0.1) is 0 Å². The van der Waals surface area contributed by atoms with Crippen molar-refractivity contribution < 1.29 is 0 Å². The maximum absolute atomic E-state index is 6.04. The molecular formula is C17H17Br2Cl. The van der Waals surface area contributed by atoms with Gasteiger partial charge in [-0.25, -0.2) is 0 Å². The van der Waals surface area contributed by atoms with Crippen molar-refractivity contribution in [2.75, 3.05) is 0 Å². The zero-order valence-corrected chi connectivity index (χ0v) is 15.3. The quantitative estimate of drug-likeness (QED) is 0.464. The first-order valence-corrected chi connectivity index (χ1v) is 8.88. The van der Waals surface area contributed by atoms with Crippen LogP contribution >= 0.6 is 43.5 Å². The number of benzene rings is 2. The molecule has 106 valence electrons. The molecule has 0 aliphatic heterocycles. The molecule has 2 rings (SSSR count). The van der Waals surface area contributed by atoms with Crippen LogP contribution in [-0.2, 0) is 6.42 Å². The summed E-state index contributed by atoms with van der Waals surface area (Å²) in [5.74, 6) is 0. The van der Waals surface area contributed by atoms with Crippen LogP contribution in [0.15, 0.2) is 46.9 Å². The number of rotatable bonds is 5. The number of alkyl halides is 1. The van der Waals surface area contributed by atoms with Gasteiger partial charge in [0.1, 0.15) is 0 Å². The number of hydrogen-bond acceptors (Lipinski definition) is 0. The van der Waals surface area contributed by atoms with Crippen LogP contribution in [0.1, 0.15) is 41.3 Å². The fraction of sp³-hybridized carbons (Fsp3) is 0.294. The minimum absolute atomic E-state index is 0.191.